The van der Waals surface area contributed by atoms with Crippen LogP contribution in [0.15, 0.2) is 36.5 Å². The van der Waals surface area contributed by atoms with Crippen LogP contribution in [0.4, 0.5) is 17.6 Å². The number of hydrogen-bond acceptors (Lipinski definition) is 2. The van der Waals surface area contributed by atoms with Crippen LogP contribution < -0.4 is 0 Å². The standard InChI is InChI=1S/C28H28F4N2O/c1-2-3-4-8-22-23-14-19(28(31)32)10-12-25(23)34(21-6-5-7-21)27(22)24-11-9-20(17-33-24)26(35)13-18(15-29)16-30/h9-12,14,17-18,21,28H,2-3,5-7,13,15-16H2,1H3. The highest BCUT2D eigenvalue weighted by molar-refractivity contribution is 5.97. The van der Waals surface area contributed by atoms with Crippen LogP contribution in [-0.4, -0.2) is 28.7 Å². The van der Waals surface area contributed by atoms with Crippen LogP contribution in [0.1, 0.15) is 79.4 Å². The molecule has 2 aromatic heterocycles. The zero-order chi connectivity index (χ0) is 24.9. The van der Waals surface area contributed by atoms with Gasteiger partial charge < -0.3 is 4.57 Å². The summed E-state index contributed by atoms with van der Waals surface area (Å²) in [6.07, 6.45) is 3.18. The van der Waals surface area contributed by atoms with Crippen molar-refractivity contribution in [2.45, 2.75) is 57.9 Å². The molecule has 184 valence electrons. The van der Waals surface area contributed by atoms with Crippen LogP contribution in [0.2, 0.25) is 0 Å². The number of nitrogens with zero attached hydrogens (tertiary/aromatic N) is 2. The molecule has 0 atom stereocenters. The van der Waals surface area contributed by atoms with Gasteiger partial charge in [0.05, 0.1) is 35.8 Å². The van der Waals surface area contributed by atoms with Gasteiger partial charge in [0.1, 0.15) is 0 Å². The van der Waals surface area contributed by atoms with Crippen LogP contribution in [0, 0.1) is 17.8 Å². The SMILES string of the molecule is CCCC#Cc1c(-c2ccc(C(=O)CC(CF)CF)cn2)n(C2CCC2)c2ccc(C(F)F)cc12. The maximum Gasteiger partial charge on any atom is 0.263 e. The van der Waals surface area contributed by atoms with Gasteiger partial charge >= 0.3 is 0 Å². The lowest BCUT2D eigenvalue weighted by Gasteiger charge is -2.30. The number of carbonyl (C=O) groups is 1. The second-order valence-electron chi connectivity index (χ2n) is 9.04. The largest absolute Gasteiger partial charge is 0.335 e. The van der Waals surface area contributed by atoms with Crippen LogP contribution in [0.3, 0.4) is 0 Å². The summed E-state index contributed by atoms with van der Waals surface area (Å²) < 4.78 is 54.9. The first-order chi connectivity index (χ1) is 17.0. The van der Waals surface area contributed by atoms with Gasteiger partial charge in [-0.25, -0.2) is 8.78 Å². The van der Waals surface area contributed by atoms with Gasteiger partial charge in [-0.3, -0.25) is 18.6 Å². The normalized spacial score (nSPS) is 13.8. The molecule has 0 saturated heterocycles. The Morgan fingerprint density at radius 1 is 1.17 bits per heavy atom. The van der Waals surface area contributed by atoms with E-state index >= 15 is 0 Å². The second kappa shape index (κ2) is 11.1. The van der Waals surface area contributed by atoms with Gasteiger partial charge in [0, 0.05) is 47.5 Å². The minimum Gasteiger partial charge on any atom is -0.335 e. The summed E-state index contributed by atoms with van der Waals surface area (Å²) in [4.78, 5) is 17.0. The third kappa shape index (κ3) is 5.12. The van der Waals surface area contributed by atoms with Crippen LogP contribution in [0.5, 0.6) is 0 Å². The van der Waals surface area contributed by atoms with Crippen molar-refractivity contribution in [2.24, 2.45) is 5.92 Å². The van der Waals surface area contributed by atoms with E-state index in [1.165, 1.54) is 18.3 Å². The fourth-order valence-corrected chi connectivity index (χ4v) is 4.38. The first kappa shape index (κ1) is 25.0. The number of unbranched alkanes of at least 4 members (excludes halogenated alkanes) is 1. The Hall–Kier alpha value is -3.14. The van der Waals surface area contributed by atoms with Crippen molar-refractivity contribution in [1.82, 2.24) is 9.55 Å². The lowest BCUT2D eigenvalue weighted by atomic mass is 9.92. The van der Waals surface area contributed by atoms with E-state index in [-0.39, 0.29) is 29.4 Å². The molecule has 1 aromatic carbocycles. The molecular formula is C28H28F4N2O. The number of fused-ring (bicyclic) bond motifs is 1. The van der Waals surface area contributed by atoms with Gasteiger partial charge in [-0.05, 0) is 49.9 Å². The van der Waals surface area contributed by atoms with Crippen LogP contribution >= 0.6 is 0 Å². The van der Waals surface area contributed by atoms with Crippen molar-refractivity contribution in [3.63, 3.8) is 0 Å². The molecule has 1 fully saturated rings. The number of pyridine rings is 1. The van der Waals surface area contributed by atoms with Crippen molar-refractivity contribution >= 4 is 16.7 Å². The molecule has 0 radical (unpaired) electrons. The lowest BCUT2D eigenvalue weighted by molar-refractivity contribution is 0.0942. The molecular weight excluding hydrogens is 456 g/mol. The smallest absolute Gasteiger partial charge is 0.263 e. The number of Topliss-reactive ketones (excluding diaryl/α,β-unsaturated/α-hetero) is 1. The number of rotatable bonds is 9. The van der Waals surface area contributed by atoms with Crippen molar-refractivity contribution in [3.05, 3.63) is 53.2 Å². The van der Waals surface area contributed by atoms with Crippen LogP contribution in [-0.2, 0) is 0 Å². The number of aromatic nitrogens is 2. The predicted molar refractivity (Wildman–Crippen MR) is 129 cm³/mol. The molecule has 1 aliphatic carbocycles. The molecule has 0 amide bonds. The molecule has 4 rings (SSSR count). The zero-order valence-corrected chi connectivity index (χ0v) is 19.7. The van der Waals surface area contributed by atoms with Gasteiger partial charge in [0.2, 0.25) is 0 Å². The molecule has 35 heavy (non-hydrogen) atoms. The molecule has 0 spiro atoms. The summed E-state index contributed by atoms with van der Waals surface area (Å²) in [6, 6.07) is 8.22. The van der Waals surface area contributed by atoms with Gasteiger partial charge in [-0.15, -0.1) is 0 Å². The molecule has 0 N–H and O–H groups in total. The first-order valence-corrected chi connectivity index (χ1v) is 12.0. The minimum absolute atomic E-state index is 0.0578. The van der Waals surface area contributed by atoms with Crippen LogP contribution in [0.25, 0.3) is 22.3 Å². The minimum atomic E-state index is -2.59. The fourth-order valence-electron chi connectivity index (χ4n) is 4.38. The summed E-state index contributed by atoms with van der Waals surface area (Å²) in [6.45, 7) is 0.237. The number of ketones is 1. The summed E-state index contributed by atoms with van der Waals surface area (Å²) in [5, 5.41) is 0.670. The number of carbonyl (C=O) groups excluding carboxylic acids is 1. The fraction of sp³-hybridized carbons (Fsp3) is 0.429. The highest BCUT2D eigenvalue weighted by Crippen LogP contribution is 2.42. The Bertz CT molecular complexity index is 1250. The Labute approximate surface area is 202 Å². The van der Waals surface area contributed by atoms with Gasteiger partial charge in [0.15, 0.2) is 5.78 Å². The molecule has 0 unspecified atom stereocenters. The summed E-state index contributed by atoms with van der Waals surface area (Å²) in [5.74, 6) is 5.05. The quantitative estimate of drug-likeness (QED) is 0.178. The zero-order valence-electron chi connectivity index (χ0n) is 19.7. The van der Waals surface area contributed by atoms with Crippen molar-refractivity contribution in [2.75, 3.05) is 13.3 Å². The van der Waals surface area contributed by atoms with E-state index in [0.29, 0.717) is 23.1 Å². The van der Waals surface area contributed by atoms with Gasteiger partial charge in [0.25, 0.3) is 6.43 Å². The van der Waals surface area contributed by atoms with E-state index in [9.17, 15) is 22.4 Å². The van der Waals surface area contributed by atoms with E-state index in [1.807, 2.05) is 6.92 Å². The highest BCUT2D eigenvalue weighted by Gasteiger charge is 2.28. The first-order valence-electron chi connectivity index (χ1n) is 12.0. The maximum atomic E-state index is 13.5. The third-order valence-electron chi connectivity index (χ3n) is 6.55. The summed E-state index contributed by atoms with van der Waals surface area (Å²) in [7, 11) is 0. The van der Waals surface area contributed by atoms with E-state index < -0.39 is 25.7 Å². The number of halogens is 4. The Morgan fingerprint density at radius 3 is 2.51 bits per heavy atom. The van der Waals surface area contributed by atoms with Gasteiger partial charge in [-0.2, -0.15) is 0 Å². The monoisotopic (exact) mass is 484 g/mol. The van der Waals surface area contributed by atoms with Gasteiger partial charge in [-0.1, -0.05) is 24.8 Å². The van der Waals surface area contributed by atoms with E-state index in [2.05, 4.69) is 21.4 Å². The lowest BCUT2D eigenvalue weighted by Crippen LogP contribution is -2.18. The Morgan fingerprint density at radius 2 is 1.94 bits per heavy atom. The molecule has 0 aliphatic heterocycles. The average molecular weight is 485 g/mol. The van der Waals surface area contributed by atoms with E-state index in [0.717, 1.165) is 36.9 Å². The average Bonchev–Trinajstić information content (AvgIpc) is 3.14. The van der Waals surface area contributed by atoms with Crippen molar-refractivity contribution < 1.29 is 22.4 Å². The third-order valence-corrected chi connectivity index (χ3v) is 6.55. The van der Waals surface area contributed by atoms with Crippen molar-refractivity contribution in [1.29, 1.82) is 0 Å². The summed E-state index contributed by atoms with van der Waals surface area (Å²) in [5.41, 5.74) is 3.05. The topological polar surface area (TPSA) is 34.9 Å². The molecule has 3 nitrogen and oxygen atoms in total. The maximum absolute atomic E-state index is 13.5. The Kier molecular flexibility index (Phi) is 7.90. The highest BCUT2D eigenvalue weighted by atomic mass is 19.3. The predicted octanol–water partition coefficient (Wildman–Crippen LogP) is 7.65. The van der Waals surface area contributed by atoms with E-state index in [4.69, 9.17) is 0 Å². The van der Waals surface area contributed by atoms with E-state index in [1.54, 1.807) is 18.2 Å². The molecule has 2 heterocycles. The second-order valence-corrected chi connectivity index (χ2v) is 9.04. The number of benzene rings is 1. The number of alkyl halides is 4. The molecule has 7 heteroatoms. The summed E-state index contributed by atoms with van der Waals surface area (Å²) >= 11 is 0. The molecule has 3 aromatic rings. The molecule has 1 aliphatic rings. The number of hydrogen-bond donors (Lipinski definition) is 0. The molecule has 1 saturated carbocycles. The molecule has 0 bridgehead atoms. The Balaban J connectivity index is 1.84. The van der Waals surface area contributed by atoms with Crippen molar-refractivity contribution in [3.8, 4) is 23.2 Å².